The van der Waals surface area contributed by atoms with Gasteiger partial charge in [-0.15, -0.1) is 22.0 Å². The minimum absolute atomic E-state index is 0.364. The fourth-order valence-electron chi connectivity index (χ4n) is 2.13. The maximum Gasteiger partial charge on any atom is 0.325 e. The van der Waals surface area contributed by atoms with Gasteiger partial charge in [-0.2, -0.15) is 0 Å². The average Bonchev–Trinajstić information content (AvgIpc) is 3.11. The zero-order valence-corrected chi connectivity index (χ0v) is 16.8. The molecule has 0 saturated heterocycles. The van der Waals surface area contributed by atoms with Crippen molar-refractivity contribution in [3.05, 3.63) is 64.1 Å². The molecule has 1 heterocycles. The fourth-order valence-corrected chi connectivity index (χ4v) is 4.04. The molecule has 2 N–H and O–H groups in total. The third kappa shape index (κ3) is 6.13. The molecular weight excluding hydrogens is 404 g/mol. The van der Waals surface area contributed by atoms with E-state index in [9.17, 15) is 4.79 Å². The van der Waals surface area contributed by atoms with Gasteiger partial charge in [0, 0.05) is 22.2 Å². The molecule has 0 spiro atoms. The molecule has 6 nitrogen and oxygen atoms in total. The molecule has 0 aliphatic heterocycles. The summed E-state index contributed by atoms with van der Waals surface area (Å²) >= 11 is 8.97. The van der Waals surface area contributed by atoms with Gasteiger partial charge in [-0.1, -0.05) is 35.1 Å². The predicted octanol–water partition coefficient (Wildman–Crippen LogP) is 5.28. The van der Waals surface area contributed by atoms with E-state index in [2.05, 4.69) is 20.8 Å². The Bertz CT molecular complexity index is 885. The number of carbonyl (C=O) groups excluding carboxylic acids is 1. The first-order valence-corrected chi connectivity index (χ1v) is 10.3. The maximum absolute atomic E-state index is 12.0. The Morgan fingerprint density at radius 2 is 1.81 bits per heavy atom. The van der Waals surface area contributed by atoms with Gasteiger partial charge in [0.25, 0.3) is 0 Å². The molecule has 3 rings (SSSR count). The monoisotopic (exact) mass is 420 g/mol. The van der Waals surface area contributed by atoms with Crippen molar-refractivity contribution in [2.45, 2.75) is 11.5 Å². The van der Waals surface area contributed by atoms with Gasteiger partial charge < -0.3 is 10.1 Å². The first kappa shape index (κ1) is 19.5. The molecule has 140 valence electrons. The van der Waals surface area contributed by atoms with Crippen LogP contribution in [-0.2, 0) is 11.5 Å². The zero-order valence-electron chi connectivity index (χ0n) is 14.4. The van der Waals surface area contributed by atoms with Gasteiger partial charge in [-0.05, 0) is 42.0 Å². The Morgan fingerprint density at radius 1 is 1.07 bits per heavy atom. The van der Waals surface area contributed by atoms with Crippen molar-refractivity contribution in [2.24, 2.45) is 0 Å². The number of rotatable bonds is 7. The van der Waals surface area contributed by atoms with Crippen LogP contribution >= 0.6 is 34.7 Å². The number of carbonyl (C=O) groups is 1. The van der Waals surface area contributed by atoms with Crippen molar-refractivity contribution in [3.8, 4) is 5.75 Å². The van der Waals surface area contributed by atoms with Crippen LogP contribution in [-0.4, -0.2) is 23.3 Å². The summed E-state index contributed by atoms with van der Waals surface area (Å²) in [5.41, 5.74) is 1.86. The van der Waals surface area contributed by atoms with Crippen molar-refractivity contribution in [2.75, 3.05) is 17.7 Å². The molecular formula is C18H17ClN4O2S2. The van der Waals surface area contributed by atoms with Gasteiger partial charge in [-0.25, -0.2) is 4.79 Å². The van der Waals surface area contributed by atoms with Gasteiger partial charge in [0.2, 0.25) is 5.13 Å². The molecule has 0 saturated carbocycles. The number of amides is 2. The topological polar surface area (TPSA) is 76.1 Å². The summed E-state index contributed by atoms with van der Waals surface area (Å²) in [5.74, 6) is 2.31. The van der Waals surface area contributed by atoms with E-state index in [-0.39, 0.29) is 6.03 Å². The molecule has 0 fully saturated rings. The van der Waals surface area contributed by atoms with E-state index in [1.807, 2.05) is 24.3 Å². The van der Waals surface area contributed by atoms with Crippen LogP contribution in [0.25, 0.3) is 0 Å². The first-order valence-electron chi connectivity index (χ1n) is 7.99. The molecule has 0 bridgehead atoms. The summed E-state index contributed by atoms with van der Waals surface area (Å²) in [7, 11) is 1.59. The molecule has 9 heteroatoms. The minimum atomic E-state index is -0.364. The number of urea groups is 1. The molecule has 2 amide bonds. The summed E-state index contributed by atoms with van der Waals surface area (Å²) < 4.78 is 5.09. The van der Waals surface area contributed by atoms with Gasteiger partial charge in [0.15, 0.2) is 0 Å². The standard InChI is InChI=1S/C18H17ClN4O2S2/c1-25-15-8-6-14(7-9-15)20-17(24)21-18-23-22-16(27-18)11-26-10-12-2-4-13(19)5-3-12/h2-9H,10-11H2,1H3,(H2,20,21,23,24). The summed E-state index contributed by atoms with van der Waals surface area (Å²) in [6.07, 6.45) is 0. The summed E-state index contributed by atoms with van der Waals surface area (Å²) in [6, 6.07) is 14.5. The smallest absolute Gasteiger partial charge is 0.325 e. The fraction of sp³-hybridized carbons (Fsp3) is 0.167. The Hall–Kier alpha value is -2.29. The molecule has 1 aromatic heterocycles. The molecule has 0 atom stereocenters. The van der Waals surface area contributed by atoms with Gasteiger partial charge in [-0.3, -0.25) is 5.32 Å². The minimum Gasteiger partial charge on any atom is -0.497 e. The van der Waals surface area contributed by atoms with Crippen LogP contribution in [0.3, 0.4) is 0 Å². The van der Waals surface area contributed by atoms with Crippen LogP contribution in [0.5, 0.6) is 5.75 Å². The lowest BCUT2D eigenvalue weighted by molar-refractivity contribution is 0.262. The molecule has 2 aromatic carbocycles. The Balaban J connectivity index is 1.45. The van der Waals surface area contributed by atoms with E-state index in [4.69, 9.17) is 16.3 Å². The normalized spacial score (nSPS) is 10.4. The second-order valence-corrected chi connectivity index (χ2v) is 7.91. The maximum atomic E-state index is 12.0. The second-order valence-electron chi connectivity index (χ2n) is 5.43. The molecule has 0 unspecified atom stereocenters. The third-order valence-corrected chi connectivity index (χ3v) is 5.73. The number of aromatic nitrogens is 2. The number of anilines is 2. The number of methoxy groups -OCH3 is 1. The lowest BCUT2D eigenvalue weighted by Crippen LogP contribution is -2.19. The number of benzene rings is 2. The van der Waals surface area contributed by atoms with E-state index in [1.54, 1.807) is 43.1 Å². The predicted molar refractivity (Wildman–Crippen MR) is 112 cm³/mol. The van der Waals surface area contributed by atoms with E-state index in [0.29, 0.717) is 10.8 Å². The average molecular weight is 421 g/mol. The molecule has 0 aliphatic rings. The van der Waals surface area contributed by atoms with Gasteiger partial charge in [0.05, 0.1) is 7.11 Å². The first-order chi connectivity index (χ1) is 13.1. The van der Waals surface area contributed by atoms with Crippen molar-refractivity contribution in [1.82, 2.24) is 10.2 Å². The van der Waals surface area contributed by atoms with E-state index >= 15 is 0 Å². The molecule has 27 heavy (non-hydrogen) atoms. The van der Waals surface area contributed by atoms with E-state index in [1.165, 1.54) is 16.9 Å². The van der Waals surface area contributed by atoms with Crippen molar-refractivity contribution in [1.29, 1.82) is 0 Å². The number of hydrogen-bond donors (Lipinski definition) is 2. The molecule has 3 aromatic rings. The van der Waals surface area contributed by atoms with Crippen molar-refractivity contribution < 1.29 is 9.53 Å². The van der Waals surface area contributed by atoms with E-state index in [0.717, 1.165) is 27.3 Å². The van der Waals surface area contributed by atoms with Crippen LogP contribution in [0.4, 0.5) is 15.6 Å². The molecule has 0 radical (unpaired) electrons. The van der Waals surface area contributed by atoms with Gasteiger partial charge >= 0.3 is 6.03 Å². The summed E-state index contributed by atoms with van der Waals surface area (Å²) in [4.78, 5) is 12.0. The second kappa shape index (κ2) is 9.59. The van der Waals surface area contributed by atoms with Crippen LogP contribution in [0.15, 0.2) is 48.5 Å². The quantitative estimate of drug-likeness (QED) is 0.544. The lowest BCUT2D eigenvalue weighted by Gasteiger charge is -2.05. The van der Waals surface area contributed by atoms with Gasteiger partial charge in [0.1, 0.15) is 10.8 Å². The summed E-state index contributed by atoms with van der Waals surface area (Å²) in [5, 5.41) is 15.6. The number of nitrogens with one attached hydrogen (secondary N) is 2. The van der Waals surface area contributed by atoms with Crippen LogP contribution in [0, 0.1) is 0 Å². The highest BCUT2D eigenvalue weighted by Gasteiger charge is 2.09. The largest absolute Gasteiger partial charge is 0.497 e. The van der Waals surface area contributed by atoms with Crippen molar-refractivity contribution in [3.63, 3.8) is 0 Å². The van der Waals surface area contributed by atoms with Crippen LogP contribution in [0.1, 0.15) is 10.6 Å². The number of ether oxygens (including phenoxy) is 1. The number of thioether (sulfide) groups is 1. The number of nitrogens with zero attached hydrogens (tertiary/aromatic N) is 2. The Labute approximate surface area is 170 Å². The Morgan fingerprint density at radius 3 is 2.52 bits per heavy atom. The highest BCUT2D eigenvalue weighted by molar-refractivity contribution is 7.97. The van der Waals surface area contributed by atoms with Crippen LogP contribution in [0.2, 0.25) is 5.02 Å². The third-order valence-electron chi connectivity index (χ3n) is 3.44. The van der Waals surface area contributed by atoms with Crippen molar-refractivity contribution >= 4 is 51.5 Å². The Kier molecular flexibility index (Phi) is 6.92. The summed E-state index contributed by atoms with van der Waals surface area (Å²) in [6.45, 7) is 0. The lowest BCUT2D eigenvalue weighted by atomic mass is 10.2. The van der Waals surface area contributed by atoms with Crippen LogP contribution < -0.4 is 15.4 Å². The SMILES string of the molecule is COc1ccc(NC(=O)Nc2nnc(CSCc3ccc(Cl)cc3)s2)cc1. The number of hydrogen-bond acceptors (Lipinski definition) is 6. The molecule has 0 aliphatic carbocycles. The zero-order chi connectivity index (χ0) is 19.1. The van der Waals surface area contributed by atoms with E-state index < -0.39 is 0 Å². The highest BCUT2D eigenvalue weighted by atomic mass is 35.5. The number of halogens is 1. The highest BCUT2D eigenvalue weighted by Crippen LogP contribution is 2.23.